The molecule has 5 nitrogen and oxygen atoms in total. The Morgan fingerprint density at radius 1 is 1.26 bits per heavy atom. The number of ether oxygens (including phenoxy) is 1. The molecule has 0 aliphatic heterocycles. The number of hydrogen-bond acceptors (Lipinski definition) is 4. The van der Waals surface area contributed by atoms with E-state index < -0.39 is 0 Å². The molecular weight excluding hydrogens is 332 g/mol. The van der Waals surface area contributed by atoms with E-state index in [1.807, 2.05) is 18.2 Å². The van der Waals surface area contributed by atoms with Gasteiger partial charge in [0.05, 0.1) is 19.5 Å². The van der Waals surface area contributed by atoms with Crippen molar-refractivity contribution in [2.24, 2.45) is 0 Å². The third-order valence-corrected chi connectivity index (χ3v) is 3.65. The van der Waals surface area contributed by atoms with Crippen molar-refractivity contribution >= 4 is 33.2 Å². The number of rotatable bonds is 2. The first-order valence-electron chi connectivity index (χ1n) is 5.39. The van der Waals surface area contributed by atoms with E-state index in [1.165, 1.54) is 0 Å². The summed E-state index contributed by atoms with van der Waals surface area (Å²) in [5, 5.41) is 8.67. The third kappa shape index (κ3) is 2.06. The summed E-state index contributed by atoms with van der Waals surface area (Å²) < 4.78 is 7.84. The van der Waals surface area contributed by atoms with Crippen LogP contribution in [0.15, 0.2) is 35.1 Å². The molecule has 0 bridgehead atoms. The summed E-state index contributed by atoms with van der Waals surface area (Å²) >= 11 is 9.65. The largest absolute Gasteiger partial charge is 0.497 e. The van der Waals surface area contributed by atoms with Crippen LogP contribution in [0, 0.1) is 0 Å². The van der Waals surface area contributed by atoms with Crippen LogP contribution in [0.5, 0.6) is 5.75 Å². The summed E-state index contributed by atoms with van der Waals surface area (Å²) in [6.45, 7) is 0. The SMILES string of the molecule is COc1ccc(Br)c(-c2nnc3cncc(Cl)n23)c1. The van der Waals surface area contributed by atoms with Gasteiger partial charge in [-0.15, -0.1) is 10.2 Å². The highest BCUT2D eigenvalue weighted by molar-refractivity contribution is 9.10. The Bertz CT molecular complexity index is 759. The summed E-state index contributed by atoms with van der Waals surface area (Å²) in [5.41, 5.74) is 1.44. The minimum Gasteiger partial charge on any atom is -0.497 e. The van der Waals surface area contributed by atoms with Crippen LogP contribution in [0.2, 0.25) is 5.15 Å². The van der Waals surface area contributed by atoms with Gasteiger partial charge in [0, 0.05) is 10.0 Å². The molecule has 19 heavy (non-hydrogen) atoms. The fourth-order valence-electron chi connectivity index (χ4n) is 1.79. The average molecular weight is 340 g/mol. The van der Waals surface area contributed by atoms with Crippen molar-refractivity contribution in [3.63, 3.8) is 0 Å². The molecule has 0 N–H and O–H groups in total. The minimum atomic E-state index is 0.451. The maximum atomic E-state index is 6.15. The van der Waals surface area contributed by atoms with Gasteiger partial charge in [0.15, 0.2) is 11.5 Å². The van der Waals surface area contributed by atoms with E-state index in [2.05, 4.69) is 31.1 Å². The summed E-state index contributed by atoms with van der Waals surface area (Å²) in [5.74, 6) is 1.37. The maximum absolute atomic E-state index is 6.15. The van der Waals surface area contributed by atoms with Gasteiger partial charge >= 0.3 is 0 Å². The molecular formula is C12H8BrClN4O. The maximum Gasteiger partial charge on any atom is 0.180 e. The molecule has 0 unspecified atom stereocenters. The van der Waals surface area contributed by atoms with Crippen molar-refractivity contribution in [3.8, 4) is 17.1 Å². The number of nitrogens with zero attached hydrogens (tertiary/aromatic N) is 4. The summed E-state index contributed by atoms with van der Waals surface area (Å²) in [4.78, 5) is 3.98. The highest BCUT2D eigenvalue weighted by Crippen LogP contribution is 2.31. The molecule has 0 amide bonds. The topological polar surface area (TPSA) is 52.3 Å². The molecule has 96 valence electrons. The molecule has 3 rings (SSSR count). The molecule has 2 heterocycles. The molecule has 0 aliphatic carbocycles. The van der Waals surface area contributed by atoms with Crippen LogP contribution in [0.25, 0.3) is 17.0 Å². The second-order valence-corrected chi connectivity index (χ2v) is 5.03. The lowest BCUT2D eigenvalue weighted by Crippen LogP contribution is -1.94. The Morgan fingerprint density at radius 2 is 2.11 bits per heavy atom. The zero-order chi connectivity index (χ0) is 13.4. The Kier molecular flexibility index (Phi) is 3.12. The monoisotopic (exact) mass is 338 g/mol. The number of benzene rings is 1. The van der Waals surface area contributed by atoms with E-state index in [0.29, 0.717) is 16.6 Å². The summed E-state index contributed by atoms with van der Waals surface area (Å²) in [6, 6.07) is 5.63. The average Bonchev–Trinajstić information content (AvgIpc) is 2.85. The van der Waals surface area contributed by atoms with Crippen LogP contribution >= 0.6 is 27.5 Å². The predicted molar refractivity (Wildman–Crippen MR) is 75.5 cm³/mol. The number of fused-ring (bicyclic) bond motifs is 1. The molecule has 0 saturated heterocycles. The van der Waals surface area contributed by atoms with Gasteiger partial charge in [-0.25, -0.2) is 0 Å². The van der Waals surface area contributed by atoms with Crippen molar-refractivity contribution in [2.45, 2.75) is 0 Å². The van der Waals surface area contributed by atoms with E-state index in [1.54, 1.807) is 23.9 Å². The predicted octanol–water partition coefficient (Wildman–Crippen LogP) is 3.22. The van der Waals surface area contributed by atoms with Crippen molar-refractivity contribution in [1.29, 1.82) is 0 Å². The molecule has 2 aromatic heterocycles. The van der Waals surface area contributed by atoms with E-state index in [4.69, 9.17) is 16.3 Å². The van der Waals surface area contributed by atoms with Crippen LogP contribution < -0.4 is 4.74 Å². The van der Waals surface area contributed by atoms with Crippen molar-refractivity contribution in [1.82, 2.24) is 19.6 Å². The molecule has 0 aliphatic rings. The first kappa shape index (κ1) is 12.4. The van der Waals surface area contributed by atoms with Crippen LogP contribution in [0.4, 0.5) is 0 Å². The summed E-state index contributed by atoms with van der Waals surface area (Å²) in [7, 11) is 1.62. The second kappa shape index (κ2) is 4.79. The molecule has 0 fully saturated rings. The Hall–Kier alpha value is -1.66. The van der Waals surface area contributed by atoms with Gasteiger partial charge in [-0.1, -0.05) is 27.5 Å². The molecule has 0 saturated carbocycles. The van der Waals surface area contributed by atoms with Crippen LogP contribution in [0.1, 0.15) is 0 Å². The van der Waals surface area contributed by atoms with Crippen LogP contribution in [-0.4, -0.2) is 26.7 Å². The van der Waals surface area contributed by atoms with E-state index >= 15 is 0 Å². The Balaban J connectivity index is 2.30. The van der Waals surface area contributed by atoms with Gasteiger partial charge < -0.3 is 4.74 Å². The standard InChI is InChI=1S/C12H8BrClN4O/c1-19-7-2-3-9(13)8(4-7)12-17-16-11-6-15-5-10(14)18(11)12/h2-6H,1H3. The Morgan fingerprint density at radius 3 is 2.89 bits per heavy atom. The van der Waals surface area contributed by atoms with Crippen LogP contribution in [0.3, 0.4) is 0 Å². The van der Waals surface area contributed by atoms with Gasteiger partial charge in [-0.05, 0) is 18.2 Å². The lowest BCUT2D eigenvalue weighted by molar-refractivity contribution is 0.415. The molecule has 0 atom stereocenters. The van der Waals surface area contributed by atoms with Crippen LogP contribution in [-0.2, 0) is 0 Å². The lowest BCUT2D eigenvalue weighted by Gasteiger charge is -2.06. The molecule has 7 heteroatoms. The number of methoxy groups -OCH3 is 1. The number of hydrogen-bond donors (Lipinski definition) is 0. The first-order chi connectivity index (χ1) is 9.20. The van der Waals surface area contributed by atoms with Crippen molar-refractivity contribution < 1.29 is 4.74 Å². The zero-order valence-electron chi connectivity index (χ0n) is 9.84. The smallest absolute Gasteiger partial charge is 0.180 e. The minimum absolute atomic E-state index is 0.451. The molecule has 0 radical (unpaired) electrons. The highest BCUT2D eigenvalue weighted by Gasteiger charge is 2.14. The fraction of sp³-hybridized carbons (Fsp3) is 0.0833. The summed E-state index contributed by atoms with van der Waals surface area (Å²) in [6.07, 6.45) is 3.16. The first-order valence-corrected chi connectivity index (χ1v) is 6.56. The van der Waals surface area contributed by atoms with E-state index in [0.717, 1.165) is 15.8 Å². The van der Waals surface area contributed by atoms with Gasteiger partial charge in [-0.2, -0.15) is 0 Å². The number of aromatic nitrogens is 4. The molecule has 3 aromatic rings. The fourth-order valence-corrected chi connectivity index (χ4v) is 2.44. The van der Waals surface area contributed by atoms with Crippen molar-refractivity contribution in [3.05, 3.63) is 40.2 Å². The van der Waals surface area contributed by atoms with Gasteiger partial charge in [0.2, 0.25) is 0 Å². The third-order valence-electron chi connectivity index (χ3n) is 2.69. The van der Waals surface area contributed by atoms with Crippen molar-refractivity contribution in [2.75, 3.05) is 7.11 Å². The molecule has 0 spiro atoms. The molecule has 1 aromatic carbocycles. The zero-order valence-corrected chi connectivity index (χ0v) is 12.2. The number of halogens is 2. The Labute approximate surface area is 122 Å². The highest BCUT2D eigenvalue weighted by atomic mass is 79.9. The van der Waals surface area contributed by atoms with E-state index in [9.17, 15) is 0 Å². The quantitative estimate of drug-likeness (QED) is 0.719. The van der Waals surface area contributed by atoms with Gasteiger partial charge in [0.1, 0.15) is 10.9 Å². The normalized spacial score (nSPS) is 10.9. The van der Waals surface area contributed by atoms with Gasteiger partial charge in [0.25, 0.3) is 0 Å². The lowest BCUT2D eigenvalue weighted by atomic mass is 10.2. The van der Waals surface area contributed by atoms with E-state index in [-0.39, 0.29) is 0 Å². The van der Waals surface area contributed by atoms with Gasteiger partial charge in [-0.3, -0.25) is 9.38 Å². The second-order valence-electron chi connectivity index (χ2n) is 3.79.